The second kappa shape index (κ2) is 10.8. The first kappa shape index (κ1) is 26.7. The number of anilines is 1. The molecule has 3 aromatic rings. The topological polar surface area (TPSA) is 102 Å². The van der Waals surface area contributed by atoms with E-state index in [1.807, 2.05) is 55.5 Å². The summed E-state index contributed by atoms with van der Waals surface area (Å²) in [7, 11) is 1.53. The summed E-state index contributed by atoms with van der Waals surface area (Å²) in [5, 5.41) is 2.68. The summed E-state index contributed by atoms with van der Waals surface area (Å²) in [6.45, 7) is 1.44. The highest BCUT2D eigenvalue weighted by atomic mass is 16.5. The molecule has 1 aliphatic heterocycles. The van der Waals surface area contributed by atoms with Gasteiger partial charge in [0, 0.05) is 23.6 Å². The van der Waals surface area contributed by atoms with E-state index < -0.39 is 36.4 Å². The molecule has 4 aliphatic rings. The zero-order valence-electron chi connectivity index (χ0n) is 23.0. The van der Waals surface area contributed by atoms with Crippen molar-refractivity contribution in [2.45, 2.75) is 44.1 Å². The quantitative estimate of drug-likeness (QED) is 0.307. The molecular formula is C33H32N2O6. The Hall–Kier alpha value is -4.46. The number of carbonyl (C=O) groups excluding carboxylic acids is 4. The van der Waals surface area contributed by atoms with Crippen LogP contribution in [0.25, 0.3) is 0 Å². The van der Waals surface area contributed by atoms with Crippen LogP contribution in [-0.2, 0) is 23.9 Å². The maximum absolute atomic E-state index is 14.1. The fourth-order valence-electron chi connectivity index (χ4n) is 6.89. The van der Waals surface area contributed by atoms with Crippen molar-refractivity contribution < 1.29 is 28.7 Å². The van der Waals surface area contributed by atoms with Crippen molar-refractivity contribution in [2.75, 3.05) is 19.0 Å². The molecule has 8 heteroatoms. The highest BCUT2D eigenvalue weighted by molar-refractivity contribution is 6.10. The summed E-state index contributed by atoms with van der Waals surface area (Å²) in [6.07, 6.45) is 1.67. The molecule has 1 fully saturated rings. The lowest BCUT2D eigenvalue weighted by Gasteiger charge is -2.45. The first-order chi connectivity index (χ1) is 19.9. The summed E-state index contributed by atoms with van der Waals surface area (Å²) >= 11 is 0. The summed E-state index contributed by atoms with van der Waals surface area (Å²) in [5.74, 6) is -3.04. The van der Waals surface area contributed by atoms with Crippen molar-refractivity contribution in [3.8, 4) is 5.75 Å². The molecule has 3 atom stereocenters. The summed E-state index contributed by atoms with van der Waals surface area (Å²) in [4.78, 5) is 55.4. The van der Waals surface area contributed by atoms with Crippen LogP contribution < -0.4 is 10.1 Å². The molecule has 1 heterocycles. The highest BCUT2D eigenvalue weighted by Crippen LogP contribution is 2.61. The number of rotatable bonds is 9. The Morgan fingerprint density at radius 3 is 1.93 bits per heavy atom. The van der Waals surface area contributed by atoms with Crippen LogP contribution in [0.2, 0.25) is 0 Å². The molecule has 41 heavy (non-hydrogen) atoms. The number of imide groups is 1. The van der Waals surface area contributed by atoms with Gasteiger partial charge in [-0.05, 0) is 40.8 Å². The molecule has 0 spiro atoms. The molecular weight excluding hydrogens is 520 g/mol. The fraction of sp³-hybridized carbons (Fsp3) is 0.333. The monoisotopic (exact) mass is 552 g/mol. The number of amides is 3. The molecule has 7 rings (SSSR count). The largest absolute Gasteiger partial charge is 0.497 e. The van der Waals surface area contributed by atoms with Crippen molar-refractivity contribution in [3.05, 3.63) is 95.1 Å². The average molecular weight is 553 g/mol. The minimum Gasteiger partial charge on any atom is -0.497 e. The summed E-state index contributed by atoms with van der Waals surface area (Å²) in [5.41, 5.74) is 4.78. The van der Waals surface area contributed by atoms with Gasteiger partial charge in [-0.2, -0.15) is 0 Å². The van der Waals surface area contributed by atoms with Gasteiger partial charge < -0.3 is 14.8 Å². The molecule has 8 nitrogen and oxygen atoms in total. The number of carbonyl (C=O) groups is 4. The molecule has 0 aromatic heterocycles. The molecule has 1 N–H and O–H groups in total. The van der Waals surface area contributed by atoms with Crippen molar-refractivity contribution in [1.29, 1.82) is 0 Å². The van der Waals surface area contributed by atoms with E-state index in [0.29, 0.717) is 17.9 Å². The van der Waals surface area contributed by atoms with Crippen LogP contribution in [0.1, 0.15) is 60.3 Å². The van der Waals surface area contributed by atoms with Gasteiger partial charge in [-0.3, -0.25) is 19.3 Å². The molecule has 0 unspecified atom stereocenters. The lowest BCUT2D eigenvalue weighted by molar-refractivity contribution is -0.160. The highest BCUT2D eigenvalue weighted by Gasteiger charge is 2.63. The molecule has 1 saturated heterocycles. The van der Waals surface area contributed by atoms with Crippen molar-refractivity contribution in [3.63, 3.8) is 0 Å². The lowest BCUT2D eigenvalue weighted by Crippen LogP contribution is -2.47. The summed E-state index contributed by atoms with van der Waals surface area (Å²) < 4.78 is 10.6. The van der Waals surface area contributed by atoms with E-state index >= 15 is 0 Å². The predicted molar refractivity (Wildman–Crippen MR) is 151 cm³/mol. The first-order valence-electron chi connectivity index (χ1n) is 14.1. The molecule has 0 radical (unpaired) electrons. The Bertz CT molecular complexity index is 1420. The number of benzene rings is 3. The van der Waals surface area contributed by atoms with E-state index in [2.05, 4.69) is 5.32 Å². The second-order valence-corrected chi connectivity index (χ2v) is 10.9. The predicted octanol–water partition coefficient (Wildman–Crippen LogP) is 4.63. The number of ether oxygens (including phenoxy) is 2. The van der Waals surface area contributed by atoms with Gasteiger partial charge in [0.05, 0.1) is 18.9 Å². The Kier molecular flexibility index (Phi) is 7.07. The third-order valence-electron chi connectivity index (χ3n) is 8.60. The SMILES string of the molecule is CCCC[C@@H](C(=O)OCC(=O)Nc1cccc(OC)c1)N1C(=O)[C@@H]2C3c4ccccc4C(c4ccccc43)[C@@H]2C1=O. The van der Waals surface area contributed by atoms with E-state index in [9.17, 15) is 19.2 Å². The average Bonchev–Trinajstić information content (AvgIpc) is 3.26. The zero-order chi connectivity index (χ0) is 28.7. The molecule has 3 amide bonds. The van der Waals surface area contributed by atoms with Crippen molar-refractivity contribution in [2.24, 2.45) is 11.8 Å². The van der Waals surface area contributed by atoms with E-state index in [4.69, 9.17) is 9.47 Å². The van der Waals surface area contributed by atoms with Gasteiger partial charge in [0.15, 0.2) is 6.61 Å². The smallest absolute Gasteiger partial charge is 0.329 e. The number of nitrogens with zero attached hydrogens (tertiary/aromatic N) is 1. The number of esters is 1. The Labute approximate surface area is 238 Å². The van der Waals surface area contributed by atoms with E-state index in [1.165, 1.54) is 7.11 Å². The number of hydrogen-bond donors (Lipinski definition) is 1. The second-order valence-electron chi connectivity index (χ2n) is 10.9. The van der Waals surface area contributed by atoms with E-state index in [-0.39, 0.29) is 30.1 Å². The van der Waals surface area contributed by atoms with Gasteiger partial charge in [0.1, 0.15) is 11.8 Å². The van der Waals surface area contributed by atoms with Crippen LogP contribution >= 0.6 is 0 Å². The normalized spacial score (nSPS) is 22.4. The van der Waals surface area contributed by atoms with Crippen LogP contribution in [0.15, 0.2) is 72.8 Å². The summed E-state index contributed by atoms with van der Waals surface area (Å²) in [6, 6.07) is 21.8. The molecule has 210 valence electrons. The van der Waals surface area contributed by atoms with Gasteiger partial charge >= 0.3 is 5.97 Å². The maximum Gasteiger partial charge on any atom is 0.329 e. The Morgan fingerprint density at radius 2 is 1.41 bits per heavy atom. The number of unbranched alkanes of at least 4 members (excludes halogenated alkanes) is 1. The Balaban J connectivity index is 1.25. The van der Waals surface area contributed by atoms with Gasteiger partial charge in [0.25, 0.3) is 5.91 Å². The van der Waals surface area contributed by atoms with Crippen LogP contribution in [0, 0.1) is 11.8 Å². The van der Waals surface area contributed by atoms with Gasteiger partial charge in [-0.15, -0.1) is 0 Å². The van der Waals surface area contributed by atoms with E-state index in [0.717, 1.165) is 33.6 Å². The number of nitrogens with one attached hydrogen (secondary N) is 1. The zero-order valence-corrected chi connectivity index (χ0v) is 23.0. The third-order valence-corrected chi connectivity index (χ3v) is 8.60. The number of likely N-dealkylation sites (tertiary alicyclic amines) is 1. The van der Waals surface area contributed by atoms with Gasteiger partial charge in [0.2, 0.25) is 11.8 Å². The maximum atomic E-state index is 14.1. The minimum absolute atomic E-state index is 0.254. The Morgan fingerprint density at radius 1 is 0.854 bits per heavy atom. The standard InChI is InChI=1S/C33H32N2O6/c1-3-4-16-25(33(39)41-18-26(36)34-19-10-9-11-20(17-19)40-2)35-31(37)29-27-21-12-5-6-13-22(21)28(30(29)32(35)38)24-15-8-7-14-23(24)27/h5-15,17,25,27-30H,3-4,16,18H2,1-2H3,(H,34,36)/t25-,27?,28?,29-,30+/m0/s1. The van der Waals surface area contributed by atoms with Gasteiger partial charge in [-0.1, -0.05) is 74.4 Å². The van der Waals surface area contributed by atoms with Crippen molar-refractivity contribution in [1.82, 2.24) is 4.90 Å². The molecule has 2 bridgehead atoms. The van der Waals surface area contributed by atoms with Crippen LogP contribution in [0.5, 0.6) is 5.75 Å². The lowest BCUT2D eigenvalue weighted by atomic mass is 9.55. The number of hydrogen-bond acceptors (Lipinski definition) is 6. The van der Waals surface area contributed by atoms with Gasteiger partial charge in [-0.25, -0.2) is 4.79 Å². The fourth-order valence-corrected chi connectivity index (χ4v) is 6.89. The van der Waals surface area contributed by atoms with Crippen LogP contribution in [0.4, 0.5) is 5.69 Å². The third kappa shape index (κ3) is 4.47. The minimum atomic E-state index is -1.09. The molecule has 0 saturated carbocycles. The number of methoxy groups -OCH3 is 1. The first-order valence-corrected chi connectivity index (χ1v) is 14.1. The molecule has 3 aromatic carbocycles. The molecule has 3 aliphatic carbocycles. The van der Waals surface area contributed by atoms with Crippen molar-refractivity contribution >= 4 is 29.4 Å². The van der Waals surface area contributed by atoms with Crippen LogP contribution in [-0.4, -0.2) is 48.3 Å². The van der Waals surface area contributed by atoms with E-state index in [1.54, 1.807) is 24.3 Å². The van der Waals surface area contributed by atoms with Crippen LogP contribution in [0.3, 0.4) is 0 Å².